The molecule has 0 saturated carbocycles. The van der Waals surface area contributed by atoms with E-state index >= 15 is 0 Å². The zero-order chi connectivity index (χ0) is 14.4. The molecule has 0 radical (unpaired) electrons. The molecule has 0 aliphatic carbocycles. The molecule has 0 unspecified atom stereocenters. The van der Waals surface area contributed by atoms with Crippen molar-refractivity contribution in [2.75, 3.05) is 13.2 Å². The van der Waals surface area contributed by atoms with Crippen molar-refractivity contribution >= 4 is 23.6 Å². The Hall–Kier alpha value is -1.55. The highest BCUT2D eigenvalue weighted by Crippen LogP contribution is 2.18. The minimum absolute atomic E-state index is 0.134. The molecule has 0 atom stereocenters. The van der Waals surface area contributed by atoms with Crippen molar-refractivity contribution in [3.63, 3.8) is 0 Å². The summed E-state index contributed by atoms with van der Waals surface area (Å²) in [5, 5.41) is 0.795. The molecular weight excluding hydrogens is 278 g/mol. The summed E-state index contributed by atoms with van der Waals surface area (Å²) in [6.45, 7) is 0.703. The van der Waals surface area contributed by atoms with Gasteiger partial charge in [-0.15, -0.1) is 0 Å². The smallest absolute Gasteiger partial charge is 0.416 e. The molecule has 0 N–H and O–H groups in total. The van der Waals surface area contributed by atoms with E-state index in [0.29, 0.717) is 19.6 Å². The van der Waals surface area contributed by atoms with Gasteiger partial charge in [-0.2, -0.15) is 0 Å². The minimum atomic E-state index is -0.508. The monoisotopic (exact) mass is 295 g/mol. The molecule has 0 spiro atoms. The van der Waals surface area contributed by atoms with Crippen molar-refractivity contribution < 1.29 is 14.3 Å². The first-order chi connectivity index (χ1) is 9.68. The van der Waals surface area contributed by atoms with Gasteiger partial charge in [0.1, 0.15) is 6.61 Å². The van der Waals surface area contributed by atoms with Crippen molar-refractivity contribution in [2.45, 2.75) is 32.1 Å². The average Bonchev–Trinajstić information content (AvgIpc) is 2.86. The van der Waals surface area contributed by atoms with Gasteiger partial charge in [0.05, 0.1) is 6.54 Å². The van der Waals surface area contributed by atoms with E-state index in [1.54, 1.807) is 0 Å². The van der Waals surface area contributed by atoms with E-state index in [1.165, 1.54) is 4.90 Å². The Morgan fingerprint density at radius 2 is 2.05 bits per heavy atom. The van der Waals surface area contributed by atoms with Gasteiger partial charge >= 0.3 is 6.09 Å². The Morgan fingerprint density at radius 1 is 1.25 bits per heavy atom. The number of hydrogen-bond acceptors (Lipinski definition) is 3. The quantitative estimate of drug-likeness (QED) is 0.756. The van der Waals surface area contributed by atoms with Crippen molar-refractivity contribution in [1.82, 2.24) is 4.90 Å². The number of aryl methyl sites for hydroxylation is 1. The van der Waals surface area contributed by atoms with E-state index < -0.39 is 6.09 Å². The van der Waals surface area contributed by atoms with Crippen LogP contribution in [-0.4, -0.2) is 30.1 Å². The number of amides is 2. The topological polar surface area (TPSA) is 46.6 Å². The van der Waals surface area contributed by atoms with E-state index in [1.807, 2.05) is 24.3 Å². The van der Waals surface area contributed by atoms with Gasteiger partial charge in [0.15, 0.2) is 0 Å². The summed E-state index contributed by atoms with van der Waals surface area (Å²) in [6, 6.07) is 7.80. The molecule has 20 heavy (non-hydrogen) atoms. The summed E-state index contributed by atoms with van der Waals surface area (Å²) in [4.78, 5) is 24.1. The van der Waals surface area contributed by atoms with E-state index in [9.17, 15) is 9.59 Å². The summed E-state index contributed by atoms with van der Waals surface area (Å²) >= 11 is 6.08. The molecule has 1 aromatic rings. The first kappa shape index (κ1) is 14.9. The van der Waals surface area contributed by atoms with Crippen LogP contribution in [0.3, 0.4) is 0 Å². The number of carbonyl (C=O) groups is 2. The lowest BCUT2D eigenvalue weighted by Crippen LogP contribution is -2.31. The number of nitrogens with zero attached hydrogens (tertiary/aromatic N) is 1. The third kappa shape index (κ3) is 3.97. The van der Waals surface area contributed by atoms with Gasteiger partial charge in [-0.3, -0.25) is 4.79 Å². The number of unbranched alkanes of at least 4 members (excludes halogenated alkanes) is 2. The number of cyclic esters (lactones) is 1. The summed E-state index contributed by atoms with van der Waals surface area (Å²) in [5.41, 5.74) is 1.14. The molecule has 1 aliphatic rings. The summed E-state index contributed by atoms with van der Waals surface area (Å²) < 4.78 is 4.74. The van der Waals surface area contributed by atoms with Crippen molar-refractivity contribution in [3.8, 4) is 0 Å². The van der Waals surface area contributed by atoms with Crippen molar-refractivity contribution in [3.05, 3.63) is 34.9 Å². The number of halogens is 1. The maximum atomic E-state index is 11.7. The van der Waals surface area contributed by atoms with E-state index in [4.69, 9.17) is 16.3 Å². The zero-order valence-electron chi connectivity index (χ0n) is 11.3. The van der Waals surface area contributed by atoms with E-state index in [-0.39, 0.29) is 5.91 Å². The van der Waals surface area contributed by atoms with Crippen LogP contribution >= 0.6 is 11.6 Å². The van der Waals surface area contributed by atoms with Gasteiger partial charge in [0.2, 0.25) is 5.91 Å². The van der Waals surface area contributed by atoms with Gasteiger partial charge in [-0.05, 0) is 30.9 Å². The number of rotatable bonds is 6. The fraction of sp³-hybridized carbons (Fsp3) is 0.467. The normalized spacial score (nSPS) is 14.4. The predicted molar refractivity (Wildman–Crippen MR) is 76.7 cm³/mol. The molecule has 0 bridgehead atoms. The molecule has 1 heterocycles. The maximum Gasteiger partial charge on any atom is 0.416 e. The van der Waals surface area contributed by atoms with Crippen LogP contribution in [0.4, 0.5) is 4.79 Å². The van der Waals surface area contributed by atoms with Crippen LogP contribution in [0.15, 0.2) is 24.3 Å². The molecule has 4 nitrogen and oxygen atoms in total. The van der Waals surface area contributed by atoms with Crippen molar-refractivity contribution in [1.29, 1.82) is 0 Å². The molecule has 5 heteroatoms. The van der Waals surface area contributed by atoms with Crippen LogP contribution in [0.1, 0.15) is 31.2 Å². The lowest BCUT2D eigenvalue weighted by Gasteiger charge is -2.10. The van der Waals surface area contributed by atoms with Gasteiger partial charge < -0.3 is 4.74 Å². The van der Waals surface area contributed by atoms with Crippen LogP contribution in [-0.2, 0) is 16.0 Å². The number of ether oxygens (including phenoxy) is 1. The fourth-order valence-electron chi connectivity index (χ4n) is 2.22. The van der Waals surface area contributed by atoms with Crippen molar-refractivity contribution in [2.24, 2.45) is 0 Å². The second kappa shape index (κ2) is 7.29. The van der Waals surface area contributed by atoms with Crippen LogP contribution in [0.25, 0.3) is 0 Å². The Kier molecular flexibility index (Phi) is 5.41. The molecule has 2 rings (SSSR count). The second-order valence-corrected chi connectivity index (χ2v) is 5.22. The van der Waals surface area contributed by atoms with Crippen LogP contribution in [0.2, 0.25) is 5.02 Å². The second-order valence-electron chi connectivity index (χ2n) is 4.81. The maximum absolute atomic E-state index is 11.7. The number of imide groups is 1. The highest BCUT2D eigenvalue weighted by atomic mass is 35.5. The predicted octanol–water partition coefficient (Wildman–Crippen LogP) is 3.42. The molecule has 1 aromatic carbocycles. The highest BCUT2D eigenvalue weighted by molar-refractivity contribution is 6.31. The lowest BCUT2D eigenvalue weighted by atomic mass is 10.1. The largest absolute Gasteiger partial charge is 0.447 e. The molecule has 1 fully saturated rings. The first-order valence-electron chi connectivity index (χ1n) is 6.89. The van der Waals surface area contributed by atoms with Gasteiger partial charge in [-0.1, -0.05) is 36.2 Å². The Morgan fingerprint density at radius 3 is 2.75 bits per heavy atom. The number of carbonyl (C=O) groups excluding carboxylic acids is 2. The van der Waals surface area contributed by atoms with Gasteiger partial charge in [-0.25, -0.2) is 9.69 Å². The molecule has 1 aliphatic heterocycles. The van der Waals surface area contributed by atoms with E-state index in [0.717, 1.165) is 36.3 Å². The molecule has 2 amide bonds. The van der Waals surface area contributed by atoms with Crippen LogP contribution < -0.4 is 0 Å². The van der Waals surface area contributed by atoms with Crippen LogP contribution in [0.5, 0.6) is 0 Å². The minimum Gasteiger partial charge on any atom is -0.447 e. The molecular formula is C15H18ClNO3. The fourth-order valence-corrected chi connectivity index (χ4v) is 2.45. The van der Waals surface area contributed by atoms with Gasteiger partial charge in [0, 0.05) is 11.4 Å². The molecule has 108 valence electrons. The van der Waals surface area contributed by atoms with Gasteiger partial charge in [0.25, 0.3) is 0 Å². The SMILES string of the molecule is O=C(CCCCCc1ccccc1Cl)N1CCOC1=O. The van der Waals surface area contributed by atoms with Crippen LogP contribution in [0, 0.1) is 0 Å². The average molecular weight is 296 g/mol. The standard InChI is InChI=1S/C15H18ClNO3/c16-13-8-5-4-7-12(13)6-2-1-3-9-14(18)17-10-11-20-15(17)19/h4-5,7-8H,1-3,6,9-11H2. The third-order valence-electron chi connectivity index (χ3n) is 3.36. The summed E-state index contributed by atoms with van der Waals surface area (Å²) in [7, 11) is 0. The highest BCUT2D eigenvalue weighted by Gasteiger charge is 2.27. The Balaban J connectivity index is 1.63. The number of benzene rings is 1. The third-order valence-corrected chi connectivity index (χ3v) is 3.73. The summed E-state index contributed by atoms with van der Waals surface area (Å²) in [5.74, 6) is -0.134. The Bertz CT molecular complexity index is 490. The van der Waals surface area contributed by atoms with E-state index in [2.05, 4.69) is 0 Å². The lowest BCUT2D eigenvalue weighted by molar-refractivity contribution is -0.127. The summed E-state index contributed by atoms with van der Waals surface area (Å²) in [6.07, 6.45) is 3.53. The number of hydrogen-bond donors (Lipinski definition) is 0. The molecule has 0 aromatic heterocycles. The zero-order valence-corrected chi connectivity index (χ0v) is 12.1. The molecule has 1 saturated heterocycles. The first-order valence-corrected chi connectivity index (χ1v) is 7.27. The Labute approximate surface area is 123 Å².